The van der Waals surface area contributed by atoms with Gasteiger partial charge in [0.05, 0.1) is 19.8 Å². The Bertz CT molecular complexity index is 600. The number of para-hydroxylation sites is 1. The van der Waals surface area contributed by atoms with E-state index in [0.29, 0.717) is 6.54 Å². The van der Waals surface area contributed by atoms with Gasteiger partial charge in [-0.2, -0.15) is 0 Å². The standard InChI is InChI=1S/C19H29N3O4/c1-4-21-10-12-22(13-11-21)16(14-20-18(23)19(24)26-5-2)15-8-6-7-9-17(15)25-3/h6-9,16H,4-5,10-14H2,1-3H3,(H,20,23). The fraction of sp³-hybridized carbons (Fsp3) is 0.579. The molecule has 1 aromatic carbocycles. The van der Waals surface area contributed by atoms with Gasteiger partial charge >= 0.3 is 11.9 Å². The number of hydrogen-bond acceptors (Lipinski definition) is 6. The Morgan fingerprint density at radius 3 is 2.46 bits per heavy atom. The van der Waals surface area contributed by atoms with E-state index in [9.17, 15) is 9.59 Å². The summed E-state index contributed by atoms with van der Waals surface area (Å²) in [6.07, 6.45) is 0. The normalized spacial score (nSPS) is 16.7. The lowest BCUT2D eigenvalue weighted by Gasteiger charge is -2.39. The molecule has 1 amide bonds. The van der Waals surface area contributed by atoms with Gasteiger partial charge in [-0.3, -0.25) is 9.69 Å². The number of rotatable bonds is 7. The zero-order valence-electron chi connectivity index (χ0n) is 15.9. The van der Waals surface area contributed by atoms with Crippen LogP contribution in [0.15, 0.2) is 24.3 Å². The van der Waals surface area contributed by atoms with Crippen molar-refractivity contribution in [3.05, 3.63) is 29.8 Å². The number of piperazine rings is 1. The van der Waals surface area contributed by atoms with Gasteiger partial charge < -0.3 is 19.7 Å². The molecule has 0 spiro atoms. The number of nitrogens with one attached hydrogen (secondary N) is 1. The quantitative estimate of drug-likeness (QED) is 0.577. The molecule has 7 heteroatoms. The second-order valence-electron chi connectivity index (χ2n) is 6.16. The molecule has 1 aliphatic heterocycles. The van der Waals surface area contributed by atoms with E-state index >= 15 is 0 Å². The molecule has 7 nitrogen and oxygen atoms in total. The van der Waals surface area contributed by atoms with E-state index < -0.39 is 11.9 Å². The maximum Gasteiger partial charge on any atom is 0.396 e. The topological polar surface area (TPSA) is 71.1 Å². The third kappa shape index (κ3) is 5.19. The van der Waals surface area contributed by atoms with Crippen LogP contribution >= 0.6 is 0 Å². The highest BCUT2D eigenvalue weighted by Gasteiger charge is 2.28. The van der Waals surface area contributed by atoms with Crippen LogP contribution in [-0.4, -0.2) is 74.7 Å². The summed E-state index contributed by atoms with van der Waals surface area (Å²) in [6, 6.07) is 7.74. The van der Waals surface area contributed by atoms with Crippen LogP contribution in [0.1, 0.15) is 25.5 Å². The number of benzene rings is 1. The lowest BCUT2D eigenvalue weighted by molar-refractivity contribution is -0.154. The summed E-state index contributed by atoms with van der Waals surface area (Å²) in [6.45, 7) is 9.13. The van der Waals surface area contributed by atoms with E-state index in [0.717, 1.165) is 44.0 Å². The molecule has 144 valence electrons. The van der Waals surface area contributed by atoms with Gasteiger partial charge in [0.1, 0.15) is 5.75 Å². The Labute approximate surface area is 155 Å². The van der Waals surface area contributed by atoms with Crippen LogP contribution in [-0.2, 0) is 14.3 Å². The molecule has 1 fully saturated rings. The maximum absolute atomic E-state index is 12.0. The Balaban J connectivity index is 2.14. The smallest absolute Gasteiger partial charge is 0.396 e. The zero-order valence-corrected chi connectivity index (χ0v) is 15.9. The van der Waals surface area contributed by atoms with Crippen LogP contribution in [0.4, 0.5) is 0 Å². The summed E-state index contributed by atoms with van der Waals surface area (Å²) >= 11 is 0. The van der Waals surface area contributed by atoms with Crippen molar-refractivity contribution < 1.29 is 19.1 Å². The minimum atomic E-state index is -0.845. The van der Waals surface area contributed by atoms with Crippen molar-refractivity contribution >= 4 is 11.9 Å². The predicted molar refractivity (Wildman–Crippen MR) is 99.1 cm³/mol. The van der Waals surface area contributed by atoms with Crippen LogP contribution in [0.2, 0.25) is 0 Å². The van der Waals surface area contributed by atoms with Crippen molar-refractivity contribution in [3.63, 3.8) is 0 Å². The van der Waals surface area contributed by atoms with Crippen LogP contribution in [0.5, 0.6) is 5.75 Å². The van der Waals surface area contributed by atoms with E-state index in [1.54, 1.807) is 14.0 Å². The average molecular weight is 363 g/mol. The first kappa shape index (κ1) is 20.2. The number of nitrogens with zero attached hydrogens (tertiary/aromatic N) is 2. The van der Waals surface area contributed by atoms with E-state index in [-0.39, 0.29) is 12.6 Å². The van der Waals surface area contributed by atoms with Gasteiger partial charge in [0.25, 0.3) is 0 Å². The second kappa shape index (κ2) is 10.1. The van der Waals surface area contributed by atoms with Crippen molar-refractivity contribution in [3.8, 4) is 5.75 Å². The van der Waals surface area contributed by atoms with Crippen molar-refractivity contribution in [2.24, 2.45) is 0 Å². The number of methoxy groups -OCH3 is 1. The largest absolute Gasteiger partial charge is 0.496 e. The summed E-state index contributed by atoms with van der Waals surface area (Å²) in [5.41, 5.74) is 1.00. The molecule has 0 aromatic heterocycles. The summed E-state index contributed by atoms with van der Waals surface area (Å²) in [4.78, 5) is 28.3. The molecule has 0 radical (unpaired) electrons. The molecule has 1 N–H and O–H groups in total. The molecule has 0 saturated carbocycles. The van der Waals surface area contributed by atoms with Gasteiger partial charge in [0.2, 0.25) is 0 Å². The molecule has 1 unspecified atom stereocenters. The van der Waals surface area contributed by atoms with Crippen LogP contribution in [0, 0.1) is 0 Å². The number of hydrogen-bond donors (Lipinski definition) is 1. The molecule has 1 atom stereocenters. The maximum atomic E-state index is 12.0. The average Bonchev–Trinajstić information content (AvgIpc) is 2.69. The fourth-order valence-electron chi connectivity index (χ4n) is 3.23. The predicted octanol–water partition coefficient (Wildman–Crippen LogP) is 1.05. The summed E-state index contributed by atoms with van der Waals surface area (Å²) in [5, 5.41) is 2.72. The molecule has 1 heterocycles. The summed E-state index contributed by atoms with van der Waals surface area (Å²) in [5.74, 6) is -0.776. The third-order valence-corrected chi connectivity index (χ3v) is 4.71. The Hall–Kier alpha value is -2.12. The summed E-state index contributed by atoms with van der Waals surface area (Å²) < 4.78 is 10.3. The number of amides is 1. The number of carbonyl (C=O) groups is 2. The lowest BCUT2D eigenvalue weighted by Crippen LogP contribution is -2.50. The van der Waals surface area contributed by atoms with E-state index in [1.807, 2.05) is 24.3 Å². The van der Waals surface area contributed by atoms with Crippen molar-refractivity contribution in [1.29, 1.82) is 0 Å². The molecule has 0 bridgehead atoms. The fourth-order valence-corrected chi connectivity index (χ4v) is 3.23. The Kier molecular flexibility index (Phi) is 7.87. The molecule has 2 rings (SSSR count). The van der Waals surface area contributed by atoms with E-state index in [2.05, 4.69) is 22.0 Å². The van der Waals surface area contributed by atoms with Gasteiger partial charge in [0.15, 0.2) is 0 Å². The van der Waals surface area contributed by atoms with Crippen molar-refractivity contribution in [2.75, 3.05) is 53.0 Å². The number of carbonyl (C=O) groups excluding carboxylic acids is 2. The number of ether oxygens (including phenoxy) is 2. The van der Waals surface area contributed by atoms with E-state index in [1.165, 1.54) is 0 Å². The third-order valence-electron chi connectivity index (χ3n) is 4.71. The minimum Gasteiger partial charge on any atom is -0.496 e. The first-order chi connectivity index (χ1) is 12.6. The minimum absolute atomic E-state index is 0.0662. The van der Waals surface area contributed by atoms with Crippen molar-refractivity contribution in [1.82, 2.24) is 15.1 Å². The molecule has 0 aliphatic carbocycles. The molecule has 1 aromatic rings. The van der Waals surface area contributed by atoms with Crippen LogP contribution in [0.3, 0.4) is 0 Å². The van der Waals surface area contributed by atoms with Gasteiger partial charge in [-0.25, -0.2) is 4.79 Å². The Morgan fingerprint density at radius 2 is 1.85 bits per heavy atom. The first-order valence-corrected chi connectivity index (χ1v) is 9.14. The summed E-state index contributed by atoms with van der Waals surface area (Å²) in [7, 11) is 1.64. The highest BCUT2D eigenvalue weighted by molar-refractivity contribution is 6.32. The van der Waals surface area contributed by atoms with Crippen LogP contribution in [0.25, 0.3) is 0 Å². The molecular weight excluding hydrogens is 334 g/mol. The lowest BCUT2D eigenvalue weighted by atomic mass is 10.0. The van der Waals surface area contributed by atoms with Gasteiger partial charge in [-0.1, -0.05) is 25.1 Å². The number of likely N-dealkylation sites (N-methyl/N-ethyl adjacent to an activating group) is 1. The SMILES string of the molecule is CCOC(=O)C(=O)NCC(c1ccccc1OC)N1CCN(CC)CC1. The zero-order chi connectivity index (χ0) is 18.9. The van der Waals surface area contributed by atoms with Gasteiger partial charge in [-0.15, -0.1) is 0 Å². The Morgan fingerprint density at radius 1 is 1.15 bits per heavy atom. The molecular formula is C19H29N3O4. The van der Waals surface area contributed by atoms with E-state index in [4.69, 9.17) is 9.47 Å². The number of esters is 1. The highest BCUT2D eigenvalue weighted by Crippen LogP contribution is 2.29. The van der Waals surface area contributed by atoms with Gasteiger partial charge in [0, 0.05) is 38.3 Å². The monoisotopic (exact) mass is 363 g/mol. The molecule has 26 heavy (non-hydrogen) atoms. The highest BCUT2D eigenvalue weighted by atomic mass is 16.5. The van der Waals surface area contributed by atoms with Crippen molar-refractivity contribution in [2.45, 2.75) is 19.9 Å². The second-order valence-corrected chi connectivity index (χ2v) is 6.16. The van der Waals surface area contributed by atoms with Gasteiger partial charge in [-0.05, 0) is 19.5 Å². The molecule has 1 aliphatic rings. The van der Waals surface area contributed by atoms with Crippen LogP contribution < -0.4 is 10.1 Å². The molecule has 1 saturated heterocycles. The first-order valence-electron chi connectivity index (χ1n) is 9.14.